The van der Waals surface area contributed by atoms with Gasteiger partial charge in [-0.1, -0.05) is 0 Å². The van der Waals surface area contributed by atoms with Gasteiger partial charge in [-0.2, -0.15) is 0 Å². The van der Waals surface area contributed by atoms with Crippen molar-refractivity contribution in [3.63, 3.8) is 0 Å². The zero-order chi connectivity index (χ0) is 14.0. The molecular formula is C15H25N3O. The van der Waals surface area contributed by atoms with E-state index in [1.54, 1.807) is 13.1 Å². The average Bonchev–Trinajstić information content (AvgIpc) is 2.38. The van der Waals surface area contributed by atoms with Crippen LogP contribution >= 0.6 is 0 Å². The van der Waals surface area contributed by atoms with Gasteiger partial charge in [0.15, 0.2) is 0 Å². The number of aryl methyl sites for hydroxylation is 1. The molecule has 1 aliphatic rings. The molecule has 4 nitrogen and oxygen atoms in total. The monoisotopic (exact) mass is 263 g/mol. The fourth-order valence-corrected chi connectivity index (χ4v) is 2.60. The molecule has 0 aromatic carbocycles. The minimum Gasteiger partial charge on any atom is -0.389 e. The highest BCUT2D eigenvalue weighted by Gasteiger charge is 2.21. The van der Waals surface area contributed by atoms with E-state index in [1.165, 1.54) is 0 Å². The molecule has 1 aliphatic heterocycles. The standard InChI is InChI=1S/C15H25N3O/c1-11(2)17-5-7-18(8-6-17)15-12(3)9-14(10-16-15)13(4)19/h9-11,13,19H,5-8H2,1-4H3/t13-/m0/s1. The van der Waals surface area contributed by atoms with E-state index in [-0.39, 0.29) is 0 Å². The maximum absolute atomic E-state index is 9.58. The van der Waals surface area contributed by atoms with E-state index >= 15 is 0 Å². The first-order chi connectivity index (χ1) is 8.99. The van der Waals surface area contributed by atoms with Crippen molar-refractivity contribution in [2.24, 2.45) is 0 Å². The number of aromatic nitrogens is 1. The van der Waals surface area contributed by atoms with Gasteiger partial charge in [-0.15, -0.1) is 0 Å². The highest BCUT2D eigenvalue weighted by molar-refractivity contribution is 5.48. The van der Waals surface area contributed by atoms with Crippen LogP contribution in [0.2, 0.25) is 0 Å². The molecule has 106 valence electrons. The Balaban J connectivity index is 2.07. The largest absolute Gasteiger partial charge is 0.389 e. The molecular weight excluding hydrogens is 238 g/mol. The zero-order valence-electron chi connectivity index (χ0n) is 12.4. The molecule has 19 heavy (non-hydrogen) atoms. The summed E-state index contributed by atoms with van der Waals surface area (Å²) in [6.07, 6.45) is 1.35. The Hall–Kier alpha value is -1.13. The number of piperazine rings is 1. The molecule has 0 aliphatic carbocycles. The lowest BCUT2D eigenvalue weighted by Crippen LogP contribution is -2.49. The lowest BCUT2D eigenvalue weighted by atomic mass is 10.1. The van der Waals surface area contributed by atoms with Crippen LogP contribution in [0.25, 0.3) is 0 Å². The van der Waals surface area contributed by atoms with Crippen LogP contribution in [0, 0.1) is 6.92 Å². The second kappa shape index (κ2) is 5.88. The predicted octanol–water partition coefficient (Wildman–Crippen LogP) is 1.97. The summed E-state index contributed by atoms with van der Waals surface area (Å²) < 4.78 is 0. The number of anilines is 1. The van der Waals surface area contributed by atoms with Crippen LogP contribution in [0.3, 0.4) is 0 Å². The Bertz CT molecular complexity index is 423. The van der Waals surface area contributed by atoms with Crippen LogP contribution in [0.1, 0.15) is 38.0 Å². The summed E-state index contributed by atoms with van der Waals surface area (Å²) in [7, 11) is 0. The minimum atomic E-state index is -0.446. The van der Waals surface area contributed by atoms with Gasteiger partial charge in [-0.25, -0.2) is 4.98 Å². The van der Waals surface area contributed by atoms with Crippen molar-refractivity contribution in [1.29, 1.82) is 0 Å². The maximum Gasteiger partial charge on any atom is 0.131 e. The van der Waals surface area contributed by atoms with Gasteiger partial charge in [-0.05, 0) is 44.9 Å². The normalized spacial score (nSPS) is 18.9. The van der Waals surface area contributed by atoms with E-state index in [9.17, 15) is 5.11 Å². The summed E-state index contributed by atoms with van der Waals surface area (Å²) >= 11 is 0. The second-order valence-corrected chi connectivity index (χ2v) is 5.70. The number of hydrogen-bond acceptors (Lipinski definition) is 4. The molecule has 2 heterocycles. The highest BCUT2D eigenvalue weighted by atomic mass is 16.3. The van der Waals surface area contributed by atoms with Gasteiger partial charge < -0.3 is 10.0 Å². The topological polar surface area (TPSA) is 39.6 Å². The summed E-state index contributed by atoms with van der Waals surface area (Å²) in [6.45, 7) is 12.6. The summed E-state index contributed by atoms with van der Waals surface area (Å²) in [6, 6.07) is 2.66. The summed E-state index contributed by atoms with van der Waals surface area (Å²) in [4.78, 5) is 9.38. The van der Waals surface area contributed by atoms with Gasteiger partial charge in [0.2, 0.25) is 0 Å². The van der Waals surface area contributed by atoms with Crippen LogP contribution in [0.4, 0.5) is 5.82 Å². The first kappa shape index (κ1) is 14.3. The molecule has 0 bridgehead atoms. The van der Waals surface area contributed by atoms with Gasteiger partial charge in [-0.3, -0.25) is 4.90 Å². The molecule has 1 aromatic heterocycles. The third-order valence-electron chi connectivity index (χ3n) is 3.90. The SMILES string of the molecule is Cc1cc([C@H](C)O)cnc1N1CCN(C(C)C)CC1. The van der Waals surface area contributed by atoms with Crippen LogP contribution in [-0.4, -0.2) is 47.2 Å². The molecule has 1 aromatic rings. The number of aliphatic hydroxyl groups excluding tert-OH is 1. The van der Waals surface area contributed by atoms with Gasteiger partial charge in [0, 0.05) is 38.4 Å². The molecule has 1 atom stereocenters. The van der Waals surface area contributed by atoms with Crippen molar-refractivity contribution in [3.05, 3.63) is 23.4 Å². The number of hydrogen-bond donors (Lipinski definition) is 1. The van der Waals surface area contributed by atoms with Gasteiger partial charge in [0.05, 0.1) is 6.10 Å². The van der Waals surface area contributed by atoms with Crippen LogP contribution < -0.4 is 4.90 Å². The quantitative estimate of drug-likeness (QED) is 0.905. The van der Waals surface area contributed by atoms with Crippen molar-refractivity contribution in [1.82, 2.24) is 9.88 Å². The van der Waals surface area contributed by atoms with E-state index < -0.39 is 6.10 Å². The van der Waals surface area contributed by atoms with Gasteiger partial charge in [0.1, 0.15) is 5.82 Å². The van der Waals surface area contributed by atoms with Crippen molar-refractivity contribution in [2.75, 3.05) is 31.1 Å². The molecule has 1 fully saturated rings. The Morgan fingerprint density at radius 1 is 1.16 bits per heavy atom. The Morgan fingerprint density at radius 2 is 1.79 bits per heavy atom. The lowest BCUT2D eigenvalue weighted by molar-refractivity contribution is 0.198. The minimum absolute atomic E-state index is 0.446. The molecule has 1 saturated heterocycles. The number of nitrogens with zero attached hydrogens (tertiary/aromatic N) is 3. The van der Waals surface area contributed by atoms with Crippen molar-refractivity contribution < 1.29 is 5.11 Å². The zero-order valence-corrected chi connectivity index (χ0v) is 12.4. The fourth-order valence-electron chi connectivity index (χ4n) is 2.60. The molecule has 0 unspecified atom stereocenters. The highest BCUT2D eigenvalue weighted by Crippen LogP contribution is 2.22. The predicted molar refractivity (Wildman–Crippen MR) is 78.5 cm³/mol. The summed E-state index contributed by atoms with van der Waals surface area (Å²) in [5.41, 5.74) is 2.04. The van der Waals surface area contributed by atoms with E-state index in [4.69, 9.17) is 0 Å². The first-order valence-corrected chi connectivity index (χ1v) is 7.12. The number of rotatable bonds is 3. The lowest BCUT2D eigenvalue weighted by Gasteiger charge is -2.38. The van der Waals surface area contributed by atoms with Crippen molar-refractivity contribution >= 4 is 5.82 Å². The molecule has 0 amide bonds. The number of pyridine rings is 1. The maximum atomic E-state index is 9.58. The second-order valence-electron chi connectivity index (χ2n) is 5.70. The van der Waals surface area contributed by atoms with Gasteiger partial charge >= 0.3 is 0 Å². The summed E-state index contributed by atoms with van der Waals surface area (Å²) in [5, 5.41) is 9.58. The molecule has 1 N–H and O–H groups in total. The summed E-state index contributed by atoms with van der Waals surface area (Å²) in [5.74, 6) is 1.06. The smallest absolute Gasteiger partial charge is 0.131 e. The van der Waals surface area contributed by atoms with E-state index in [2.05, 4.69) is 35.6 Å². The Labute approximate surface area is 116 Å². The molecule has 4 heteroatoms. The van der Waals surface area contributed by atoms with Crippen molar-refractivity contribution in [3.8, 4) is 0 Å². The number of aliphatic hydroxyl groups is 1. The Morgan fingerprint density at radius 3 is 2.26 bits per heavy atom. The fraction of sp³-hybridized carbons (Fsp3) is 0.667. The average molecular weight is 263 g/mol. The molecule has 0 radical (unpaired) electrons. The molecule has 0 spiro atoms. The molecule has 0 saturated carbocycles. The first-order valence-electron chi connectivity index (χ1n) is 7.12. The van der Waals surface area contributed by atoms with E-state index in [1.807, 2.05) is 6.07 Å². The molecule has 2 rings (SSSR count). The van der Waals surface area contributed by atoms with Crippen LogP contribution in [-0.2, 0) is 0 Å². The van der Waals surface area contributed by atoms with E-state index in [0.717, 1.165) is 43.1 Å². The van der Waals surface area contributed by atoms with Crippen LogP contribution in [0.5, 0.6) is 0 Å². The third kappa shape index (κ3) is 3.25. The van der Waals surface area contributed by atoms with Crippen molar-refractivity contribution in [2.45, 2.75) is 39.8 Å². The van der Waals surface area contributed by atoms with Crippen LogP contribution in [0.15, 0.2) is 12.3 Å². The third-order valence-corrected chi connectivity index (χ3v) is 3.90. The van der Waals surface area contributed by atoms with E-state index in [0.29, 0.717) is 6.04 Å². The Kier molecular flexibility index (Phi) is 4.42. The van der Waals surface area contributed by atoms with Gasteiger partial charge in [0.25, 0.3) is 0 Å².